The van der Waals surface area contributed by atoms with Gasteiger partial charge in [0.15, 0.2) is 0 Å². The van der Waals surface area contributed by atoms with Crippen molar-refractivity contribution < 1.29 is 9.53 Å². The fraction of sp³-hybridized carbons (Fsp3) is 0.238. The minimum absolute atomic E-state index is 0.176. The summed E-state index contributed by atoms with van der Waals surface area (Å²) in [5.74, 6) is 0.909. The zero-order valence-electron chi connectivity index (χ0n) is 17.5. The van der Waals surface area contributed by atoms with E-state index in [4.69, 9.17) is 16.3 Å². The Kier molecular flexibility index (Phi) is 5.28. The number of anilines is 2. The monoisotopic (exact) mass is 439 g/mol. The first-order valence-corrected chi connectivity index (χ1v) is 9.95. The lowest BCUT2D eigenvalue weighted by atomic mass is 10.1. The number of carbonyl (C=O) groups excluding carboxylic acids is 1. The van der Waals surface area contributed by atoms with Gasteiger partial charge < -0.3 is 19.9 Å². The highest BCUT2D eigenvalue weighted by Gasteiger charge is 2.16. The van der Waals surface area contributed by atoms with Gasteiger partial charge >= 0.3 is 6.03 Å². The molecule has 0 unspecified atom stereocenters. The van der Waals surface area contributed by atoms with Gasteiger partial charge in [0.2, 0.25) is 5.88 Å². The minimum atomic E-state index is -0.426. The number of amides is 2. The number of rotatable bonds is 4. The fourth-order valence-corrected chi connectivity index (χ4v) is 3.19. The number of fused-ring (bicyclic) bond motifs is 1. The Morgan fingerprint density at radius 2 is 1.97 bits per heavy atom. The third-order valence-corrected chi connectivity index (χ3v) is 4.87. The molecule has 3 aromatic heterocycles. The van der Waals surface area contributed by atoms with E-state index in [-0.39, 0.29) is 5.54 Å². The Morgan fingerprint density at radius 3 is 2.68 bits per heavy atom. The average molecular weight is 440 g/mol. The number of nitrogens with zero attached hydrogens (tertiary/aromatic N) is 5. The second-order valence-electron chi connectivity index (χ2n) is 8.01. The molecule has 0 aliphatic carbocycles. The molecule has 2 amide bonds. The lowest BCUT2D eigenvalue weighted by Crippen LogP contribution is -2.22. The third-order valence-electron chi connectivity index (χ3n) is 4.56. The van der Waals surface area contributed by atoms with E-state index in [2.05, 4.69) is 25.7 Å². The highest BCUT2D eigenvalue weighted by atomic mass is 35.5. The highest BCUT2D eigenvalue weighted by molar-refractivity contribution is 6.34. The van der Waals surface area contributed by atoms with Crippen LogP contribution >= 0.6 is 11.6 Å². The molecular formula is C21H22ClN7O2. The molecule has 0 aliphatic rings. The standard InChI is InChI=1S/C21H22ClN7O2/c1-21(2,3)29-11-13(10-25-29)26-20(30)27-16-6-5-14(9-15(16)22)31-19-18-17(23-12-24-19)7-8-28(18)4/h5-12H,1-4H3,(H2,26,27,30). The van der Waals surface area contributed by atoms with Crippen molar-refractivity contribution in [2.45, 2.75) is 26.3 Å². The summed E-state index contributed by atoms with van der Waals surface area (Å²) < 4.78 is 9.57. The molecule has 3 heterocycles. The fourth-order valence-electron chi connectivity index (χ4n) is 2.97. The first kappa shape index (κ1) is 20.7. The van der Waals surface area contributed by atoms with Crippen LogP contribution in [-0.4, -0.2) is 30.3 Å². The number of aryl methyl sites for hydroxylation is 1. The topological polar surface area (TPSA) is 98.9 Å². The van der Waals surface area contributed by atoms with E-state index in [0.717, 1.165) is 11.0 Å². The van der Waals surface area contributed by atoms with Crippen LogP contribution in [-0.2, 0) is 12.6 Å². The van der Waals surface area contributed by atoms with Crippen LogP contribution in [0.15, 0.2) is 49.2 Å². The van der Waals surface area contributed by atoms with Crippen molar-refractivity contribution in [1.29, 1.82) is 0 Å². The van der Waals surface area contributed by atoms with Gasteiger partial charge in [-0.1, -0.05) is 11.6 Å². The van der Waals surface area contributed by atoms with E-state index in [1.54, 1.807) is 35.3 Å². The third kappa shape index (κ3) is 4.46. The van der Waals surface area contributed by atoms with Crippen molar-refractivity contribution in [1.82, 2.24) is 24.3 Å². The molecule has 9 nitrogen and oxygen atoms in total. The van der Waals surface area contributed by atoms with Crippen molar-refractivity contribution in [2.24, 2.45) is 7.05 Å². The number of halogens is 1. The van der Waals surface area contributed by atoms with Crippen LogP contribution in [0, 0.1) is 0 Å². The molecular weight excluding hydrogens is 418 g/mol. The highest BCUT2D eigenvalue weighted by Crippen LogP contribution is 2.31. The number of urea groups is 1. The van der Waals surface area contributed by atoms with Crippen LogP contribution in [0.5, 0.6) is 11.6 Å². The van der Waals surface area contributed by atoms with Crippen LogP contribution in [0.25, 0.3) is 11.0 Å². The van der Waals surface area contributed by atoms with E-state index in [0.29, 0.717) is 28.0 Å². The Balaban J connectivity index is 1.45. The Hall–Kier alpha value is -3.59. The summed E-state index contributed by atoms with van der Waals surface area (Å²) in [6.45, 7) is 6.08. The quantitative estimate of drug-likeness (QED) is 0.465. The number of hydrogen-bond acceptors (Lipinski definition) is 5. The van der Waals surface area contributed by atoms with Crippen LogP contribution in [0.4, 0.5) is 16.2 Å². The summed E-state index contributed by atoms with van der Waals surface area (Å²) in [7, 11) is 1.89. The van der Waals surface area contributed by atoms with Crippen LogP contribution in [0.1, 0.15) is 20.8 Å². The average Bonchev–Trinajstić information content (AvgIpc) is 3.31. The Bertz CT molecular complexity index is 1260. The summed E-state index contributed by atoms with van der Waals surface area (Å²) in [5, 5.41) is 10.1. The first-order valence-electron chi connectivity index (χ1n) is 9.57. The Morgan fingerprint density at radius 1 is 1.16 bits per heavy atom. The predicted octanol–water partition coefficient (Wildman–Crippen LogP) is 5.01. The zero-order chi connectivity index (χ0) is 22.2. The van der Waals surface area contributed by atoms with Crippen molar-refractivity contribution in [3.8, 4) is 11.6 Å². The second-order valence-corrected chi connectivity index (χ2v) is 8.41. The van der Waals surface area contributed by atoms with Gasteiger partial charge in [0.25, 0.3) is 0 Å². The number of ether oxygens (including phenoxy) is 1. The zero-order valence-corrected chi connectivity index (χ0v) is 18.3. The van der Waals surface area contributed by atoms with Crippen molar-refractivity contribution in [2.75, 3.05) is 10.6 Å². The molecule has 0 bridgehead atoms. The SMILES string of the molecule is Cn1ccc2ncnc(Oc3ccc(NC(=O)Nc4cnn(C(C)(C)C)c4)c(Cl)c3)c21. The number of hydrogen-bond donors (Lipinski definition) is 2. The maximum Gasteiger partial charge on any atom is 0.323 e. The molecule has 0 fully saturated rings. The molecule has 160 valence electrons. The minimum Gasteiger partial charge on any atom is -0.437 e. The van der Waals surface area contributed by atoms with E-state index < -0.39 is 6.03 Å². The molecule has 0 radical (unpaired) electrons. The van der Waals surface area contributed by atoms with Gasteiger partial charge in [0.1, 0.15) is 17.6 Å². The molecule has 0 atom stereocenters. The van der Waals surface area contributed by atoms with Gasteiger partial charge in [-0.25, -0.2) is 9.78 Å². The first-order chi connectivity index (χ1) is 14.7. The van der Waals surface area contributed by atoms with Crippen molar-refractivity contribution in [3.63, 3.8) is 0 Å². The van der Waals surface area contributed by atoms with Crippen LogP contribution in [0.3, 0.4) is 0 Å². The smallest absolute Gasteiger partial charge is 0.323 e. The van der Waals surface area contributed by atoms with Crippen molar-refractivity contribution in [3.05, 3.63) is 54.2 Å². The van der Waals surface area contributed by atoms with E-state index in [1.165, 1.54) is 6.33 Å². The number of aromatic nitrogens is 5. The maximum atomic E-state index is 12.4. The van der Waals surface area contributed by atoms with Gasteiger partial charge in [-0.3, -0.25) is 4.68 Å². The van der Waals surface area contributed by atoms with Crippen LogP contribution in [0.2, 0.25) is 5.02 Å². The van der Waals surface area contributed by atoms with Crippen molar-refractivity contribution >= 4 is 40.0 Å². The van der Waals surface area contributed by atoms with Gasteiger partial charge in [0, 0.05) is 25.5 Å². The lowest BCUT2D eigenvalue weighted by Gasteiger charge is -2.18. The van der Waals surface area contributed by atoms with Gasteiger partial charge in [-0.2, -0.15) is 10.1 Å². The molecule has 31 heavy (non-hydrogen) atoms. The number of carbonyl (C=O) groups is 1. The largest absolute Gasteiger partial charge is 0.437 e. The molecule has 4 rings (SSSR count). The van der Waals surface area contributed by atoms with E-state index in [9.17, 15) is 4.79 Å². The van der Waals surface area contributed by atoms with Gasteiger partial charge in [0.05, 0.1) is 33.6 Å². The Labute approximate surface area is 184 Å². The number of nitrogens with one attached hydrogen (secondary N) is 2. The van der Waals surface area contributed by atoms with E-state index in [1.807, 2.05) is 44.6 Å². The second kappa shape index (κ2) is 7.92. The summed E-state index contributed by atoms with van der Waals surface area (Å²) in [4.78, 5) is 20.8. The molecule has 4 aromatic rings. The van der Waals surface area contributed by atoms with Gasteiger partial charge in [-0.05, 0) is 39.0 Å². The molecule has 1 aromatic carbocycles. The molecule has 10 heteroatoms. The molecule has 0 saturated carbocycles. The summed E-state index contributed by atoms with van der Waals surface area (Å²) >= 11 is 6.36. The summed E-state index contributed by atoms with van der Waals surface area (Å²) in [6, 6.07) is 6.44. The molecule has 2 N–H and O–H groups in total. The summed E-state index contributed by atoms with van der Waals surface area (Å²) in [5.41, 5.74) is 2.41. The molecule has 0 aliphatic heterocycles. The number of benzene rings is 1. The maximum absolute atomic E-state index is 12.4. The van der Waals surface area contributed by atoms with Gasteiger partial charge in [-0.15, -0.1) is 0 Å². The normalized spacial score (nSPS) is 11.5. The predicted molar refractivity (Wildman–Crippen MR) is 120 cm³/mol. The molecule has 0 saturated heterocycles. The summed E-state index contributed by atoms with van der Waals surface area (Å²) in [6.07, 6.45) is 6.69. The lowest BCUT2D eigenvalue weighted by molar-refractivity contribution is 0.262. The van der Waals surface area contributed by atoms with E-state index >= 15 is 0 Å². The van der Waals surface area contributed by atoms with Crippen LogP contribution < -0.4 is 15.4 Å². The molecule has 0 spiro atoms.